The van der Waals surface area contributed by atoms with Crippen molar-refractivity contribution in [3.05, 3.63) is 53.3 Å². The van der Waals surface area contributed by atoms with Gasteiger partial charge in [0.1, 0.15) is 5.82 Å². The highest BCUT2D eigenvalue weighted by Gasteiger charge is 2.03. The van der Waals surface area contributed by atoms with Crippen molar-refractivity contribution in [2.75, 3.05) is 5.32 Å². The lowest BCUT2D eigenvalue weighted by atomic mass is 10.2. The summed E-state index contributed by atoms with van der Waals surface area (Å²) in [5.74, 6) is 0.165. The fraction of sp³-hybridized carbons (Fsp3) is 0. The molecule has 3 nitrogen and oxygen atoms in total. The van der Waals surface area contributed by atoms with E-state index >= 15 is 0 Å². The van der Waals surface area contributed by atoms with E-state index < -0.39 is 0 Å². The molecule has 0 saturated carbocycles. The second-order valence-corrected chi connectivity index (χ2v) is 4.06. The van der Waals surface area contributed by atoms with Gasteiger partial charge in [-0.25, -0.2) is 4.39 Å². The monoisotopic (exact) mass is 284 g/mol. The highest BCUT2D eigenvalue weighted by Crippen LogP contribution is 2.29. The van der Waals surface area contributed by atoms with E-state index in [0.29, 0.717) is 10.8 Å². The van der Waals surface area contributed by atoms with Gasteiger partial charge in [-0.2, -0.15) is 0 Å². The third kappa shape index (κ3) is 3.29. The van der Waals surface area contributed by atoms with Crippen molar-refractivity contribution in [1.29, 1.82) is 0 Å². The fourth-order valence-corrected chi connectivity index (χ4v) is 1.66. The van der Waals surface area contributed by atoms with Crippen LogP contribution in [0.3, 0.4) is 0 Å². The maximum atomic E-state index is 12.8. The first-order valence-corrected chi connectivity index (χ1v) is 5.89. The van der Waals surface area contributed by atoms with Gasteiger partial charge in [-0.15, -0.1) is 4.89 Å². The van der Waals surface area contributed by atoms with E-state index in [9.17, 15) is 4.39 Å². The van der Waals surface area contributed by atoms with Gasteiger partial charge in [-0.05, 0) is 36.4 Å². The molecule has 0 spiro atoms. The van der Waals surface area contributed by atoms with Crippen LogP contribution in [0, 0.1) is 5.82 Å². The van der Waals surface area contributed by atoms with Crippen LogP contribution in [-0.4, -0.2) is 0 Å². The van der Waals surface area contributed by atoms with Gasteiger partial charge in [0.2, 0.25) is 0 Å². The Morgan fingerprint density at radius 3 is 2.39 bits per heavy atom. The van der Waals surface area contributed by atoms with Gasteiger partial charge in [0.15, 0.2) is 5.75 Å². The average molecular weight is 285 g/mol. The molecule has 0 atom stereocenters. The molecule has 0 saturated heterocycles. The van der Waals surface area contributed by atoms with Crippen molar-refractivity contribution in [2.24, 2.45) is 0 Å². The summed E-state index contributed by atoms with van der Waals surface area (Å²) >= 11 is 9.65. The Kier molecular flexibility index (Phi) is 4.30. The maximum absolute atomic E-state index is 12.8. The summed E-state index contributed by atoms with van der Waals surface area (Å²) < 4.78 is 12.8. The molecule has 0 aliphatic rings. The number of benzene rings is 2. The van der Waals surface area contributed by atoms with Crippen LogP contribution in [0.15, 0.2) is 42.5 Å². The molecule has 0 aliphatic carbocycles. The van der Waals surface area contributed by atoms with Crippen LogP contribution in [0.4, 0.5) is 15.8 Å². The van der Waals surface area contributed by atoms with E-state index in [1.807, 2.05) is 0 Å². The minimum absolute atomic E-state index is 0.278. The van der Waals surface area contributed by atoms with E-state index in [2.05, 4.69) is 23.0 Å². The first kappa shape index (κ1) is 13.0. The lowest BCUT2D eigenvalue weighted by Gasteiger charge is -2.09. The second-order valence-electron chi connectivity index (χ2n) is 3.47. The Labute approximate surface area is 114 Å². The number of halogens is 2. The summed E-state index contributed by atoms with van der Waals surface area (Å²) in [5, 5.41) is 3.56. The van der Waals surface area contributed by atoms with Crippen molar-refractivity contribution >= 4 is 35.8 Å². The van der Waals surface area contributed by atoms with Gasteiger partial charge in [0.05, 0.1) is 5.02 Å². The van der Waals surface area contributed by atoms with Gasteiger partial charge < -0.3 is 10.2 Å². The Balaban J connectivity index is 2.18. The molecule has 2 aromatic rings. The van der Waals surface area contributed by atoms with Crippen LogP contribution in [0.2, 0.25) is 5.02 Å². The third-order valence-electron chi connectivity index (χ3n) is 2.22. The molecule has 0 bridgehead atoms. The molecular formula is C12H10ClFN2OS. The zero-order valence-electron chi connectivity index (χ0n) is 9.15. The zero-order chi connectivity index (χ0) is 13.0. The molecule has 6 heteroatoms. The number of hydrogen-bond donors (Lipinski definition) is 3. The van der Waals surface area contributed by atoms with Crippen molar-refractivity contribution in [2.45, 2.75) is 0 Å². The quantitative estimate of drug-likeness (QED) is 0.587. The minimum atomic E-state index is -0.278. The Morgan fingerprint density at radius 1 is 1.06 bits per heavy atom. The van der Waals surface area contributed by atoms with E-state index in [-0.39, 0.29) is 5.82 Å². The van der Waals surface area contributed by atoms with Gasteiger partial charge in [-0.3, -0.25) is 0 Å². The van der Waals surface area contributed by atoms with Gasteiger partial charge >= 0.3 is 0 Å². The van der Waals surface area contributed by atoms with E-state index in [0.717, 1.165) is 11.4 Å². The molecule has 2 N–H and O–H groups in total. The Hall–Kier alpha value is -1.43. The summed E-state index contributed by atoms with van der Waals surface area (Å²) in [6, 6.07) is 11.2. The molecule has 2 aromatic carbocycles. The number of hydrogen-bond acceptors (Lipinski definition) is 4. The second kappa shape index (κ2) is 5.95. The SMILES string of the molecule is Fc1ccc(Nc2ccc(Cl)c(ONS)c2)cc1. The van der Waals surface area contributed by atoms with Crippen LogP contribution in [0.1, 0.15) is 0 Å². The molecule has 0 heterocycles. The highest BCUT2D eigenvalue weighted by atomic mass is 35.5. The van der Waals surface area contributed by atoms with Crippen LogP contribution in [-0.2, 0) is 0 Å². The first-order chi connectivity index (χ1) is 8.69. The maximum Gasteiger partial charge on any atom is 0.169 e. The summed E-state index contributed by atoms with van der Waals surface area (Å²) in [5.41, 5.74) is 1.54. The molecule has 2 rings (SSSR count). The lowest BCUT2D eigenvalue weighted by molar-refractivity contribution is 0.288. The summed E-state index contributed by atoms with van der Waals surface area (Å²) in [6.45, 7) is 0. The van der Waals surface area contributed by atoms with Crippen molar-refractivity contribution < 1.29 is 9.23 Å². The largest absolute Gasteiger partial charge is 0.397 e. The number of thiol groups is 1. The predicted molar refractivity (Wildman–Crippen MR) is 73.9 cm³/mol. The molecule has 0 radical (unpaired) electrons. The predicted octanol–water partition coefficient (Wildman–Crippen LogP) is 3.95. The van der Waals surface area contributed by atoms with Crippen LogP contribution < -0.4 is 15.0 Å². The summed E-state index contributed by atoms with van der Waals surface area (Å²) in [6.07, 6.45) is 0. The number of nitrogens with one attached hydrogen (secondary N) is 2. The normalized spacial score (nSPS) is 10.2. The Morgan fingerprint density at radius 2 is 1.72 bits per heavy atom. The first-order valence-electron chi connectivity index (χ1n) is 5.07. The molecule has 94 valence electrons. The van der Waals surface area contributed by atoms with E-state index in [1.165, 1.54) is 12.1 Å². The van der Waals surface area contributed by atoms with E-state index in [4.69, 9.17) is 16.4 Å². The van der Waals surface area contributed by atoms with Crippen molar-refractivity contribution in [1.82, 2.24) is 4.89 Å². The molecule has 0 aromatic heterocycles. The topological polar surface area (TPSA) is 33.3 Å². The molecular weight excluding hydrogens is 275 g/mol. The standard InChI is InChI=1S/C12H10ClFN2OS/c13-11-6-5-10(7-12(11)17-16-18)15-9-3-1-8(14)2-4-9/h1-7,15-16,18H. The molecule has 0 unspecified atom stereocenters. The average Bonchev–Trinajstić information content (AvgIpc) is 2.37. The summed E-state index contributed by atoms with van der Waals surface area (Å²) in [7, 11) is 0. The van der Waals surface area contributed by atoms with Crippen LogP contribution in [0.5, 0.6) is 5.75 Å². The molecule has 0 aliphatic heterocycles. The smallest absolute Gasteiger partial charge is 0.169 e. The number of anilines is 2. The molecule has 0 amide bonds. The van der Waals surface area contributed by atoms with E-state index in [1.54, 1.807) is 30.3 Å². The lowest BCUT2D eigenvalue weighted by Crippen LogP contribution is -2.05. The van der Waals surface area contributed by atoms with Crippen LogP contribution in [0.25, 0.3) is 0 Å². The Bertz CT molecular complexity index is 536. The van der Waals surface area contributed by atoms with Gasteiger partial charge in [0.25, 0.3) is 0 Å². The van der Waals surface area contributed by atoms with Gasteiger partial charge in [0, 0.05) is 17.4 Å². The number of rotatable bonds is 4. The van der Waals surface area contributed by atoms with Gasteiger partial charge in [-0.1, -0.05) is 24.4 Å². The van der Waals surface area contributed by atoms with Crippen molar-refractivity contribution in [3.8, 4) is 5.75 Å². The van der Waals surface area contributed by atoms with Crippen molar-refractivity contribution in [3.63, 3.8) is 0 Å². The molecule has 18 heavy (non-hydrogen) atoms. The minimum Gasteiger partial charge on any atom is -0.397 e. The third-order valence-corrected chi connectivity index (χ3v) is 2.62. The highest BCUT2D eigenvalue weighted by molar-refractivity contribution is 7.77. The summed E-state index contributed by atoms with van der Waals surface area (Å²) in [4.78, 5) is 7.27. The fourth-order valence-electron chi connectivity index (χ4n) is 1.41. The molecule has 0 fully saturated rings. The van der Waals surface area contributed by atoms with Crippen LogP contribution >= 0.6 is 24.4 Å². The zero-order valence-corrected chi connectivity index (χ0v) is 10.8.